The minimum atomic E-state index is -3.71. The fraction of sp³-hybridized carbons (Fsp3) is 0.650. The van der Waals surface area contributed by atoms with Crippen LogP contribution in [0.5, 0.6) is 5.75 Å². The van der Waals surface area contributed by atoms with Crippen LogP contribution >= 0.6 is 0 Å². The van der Waals surface area contributed by atoms with Crippen LogP contribution in [0.15, 0.2) is 23.1 Å². The van der Waals surface area contributed by atoms with Crippen LogP contribution in [0.25, 0.3) is 0 Å². The average molecular weight is 397 g/mol. The van der Waals surface area contributed by atoms with Crippen molar-refractivity contribution in [1.29, 1.82) is 0 Å². The van der Waals surface area contributed by atoms with Crippen LogP contribution in [0.3, 0.4) is 0 Å². The number of ether oxygens (including phenoxy) is 1. The minimum Gasteiger partial charge on any atom is -0.492 e. The van der Waals surface area contributed by atoms with Crippen molar-refractivity contribution >= 4 is 15.9 Å². The number of hydrogen-bond acceptors (Lipinski definition) is 4. The van der Waals surface area contributed by atoms with E-state index in [2.05, 4.69) is 27.7 Å². The highest BCUT2D eigenvalue weighted by Gasteiger charge is 2.34. The second-order valence-electron chi connectivity index (χ2n) is 8.19. The first-order valence-electron chi connectivity index (χ1n) is 9.64. The third kappa shape index (κ3) is 5.23. The first kappa shape index (κ1) is 21.7. The Morgan fingerprint density at radius 2 is 1.89 bits per heavy atom. The van der Waals surface area contributed by atoms with Crippen molar-refractivity contribution in [3.05, 3.63) is 23.8 Å². The van der Waals surface area contributed by atoms with Crippen LogP contribution in [0.1, 0.15) is 58.9 Å². The van der Waals surface area contributed by atoms with Crippen LogP contribution in [-0.4, -0.2) is 38.3 Å². The molecule has 1 aliphatic rings. The predicted octanol–water partition coefficient (Wildman–Crippen LogP) is 3.05. The molecule has 1 fully saturated rings. The first-order valence-corrected chi connectivity index (χ1v) is 11.1. The van der Waals surface area contributed by atoms with E-state index < -0.39 is 10.0 Å². The van der Waals surface area contributed by atoms with Crippen molar-refractivity contribution in [2.45, 2.75) is 63.7 Å². The van der Waals surface area contributed by atoms with Gasteiger partial charge in [0.25, 0.3) is 0 Å². The summed E-state index contributed by atoms with van der Waals surface area (Å²) >= 11 is 0. The molecule has 0 atom stereocenters. The number of nitrogens with two attached hydrogens (primary N) is 1. The lowest BCUT2D eigenvalue weighted by Crippen LogP contribution is -2.41. The van der Waals surface area contributed by atoms with Crippen LogP contribution < -0.4 is 10.5 Å². The third-order valence-corrected chi connectivity index (χ3v) is 6.96. The third-order valence-electron chi connectivity index (χ3n) is 5.04. The summed E-state index contributed by atoms with van der Waals surface area (Å²) in [6.07, 6.45) is 2.76. The summed E-state index contributed by atoms with van der Waals surface area (Å²) < 4.78 is 33.9. The zero-order chi connectivity index (χ0) is 20.2. The molecule has 0 saturated carbocycles. The molecule has 0 radical (unpaired) electrons. The smallest absolute Gasteiger partial charge is 0.246 e. The van der Waals surface area contributed by atoms with Crippen LogP contribution in [-0.2, 0) is 20.2 Å². The van der Waals surface area contributed by atoms with Crippen molar-refractivity contribution in [1.82, 2.24) is 4.31 Å². The maximum atomic E-state index is 13.3. The lowest BCUT2D eigenvalue weighted by atomic mass is 9.87. The van der Waals surface area contributed by atoms with Gasteiger partial charge >= 0.3 is 0 Å². The molecule has 152 valence electrons. The number of amides is 1. The van der Waals surface area contributed by atoms with Gasteiger partial charge in [0.2, 0.25) is 15.9 Å². The second-order valence-corrected chi connectivity index (χ2v) is 10.1. The van der Waals surface area contributed by atoms with Gasteiger partial charge in [-0.3, -0.25) is 4.79 Å². The number of rotatable bonds is 7. The number of carbonyl (C=O) groups is 1. The van der Waals surface area contributed by atoms with E-state index in [1.165, 1.54) is 4.31 Å². The molecule has 0 spiro atoms. The molecule has 7 heteroatoms. The van der Waals surface area contributed by atoms with Crippen molar-refractivity contribution < 1.29 is 17.9 Å². The van der Waals surface area contributed by atoms with Crippen LogP contribution in [0.4, 0.5) is 0 Å². The van der Waals surface area contributed by atoms with Gasteiger partial charge in [0.15, 0.2) is 0 Å². The minimum absolute atomic E-state index is 0.175. The molecule has 2 N–H and O–H groups in total. The van der Waals surface area contributed by atoms with Gasteiger partial charge in [0.1, 0.15) is 10.6 Å². The van der Waals surface area contributed by atoms with E-state index in [-0.39, 0.29) is 22.1 Å². The Bertz CT molecular complexity index is 761. The number of piperidine rings is 1. The number of nitrogens with zero attached hydrogens (tertiary/aromatic N) is 1. The molecule has 6 nitrogen and oxygen atoms in total. The lowest BCUT2D eigenvalue weighted by Gasteiger charge is -2.31. The fourth-order valence-electron chi connectivity index (χ4n) is 3.14. The summed E-state index contributed by atoms with van der Waals surface area (Å²) in [6, 6.07) is 5.43. The Kier molecular flexibility index (Phi) is 6.92. The summed E-state index contributed by atoms with van der Waals surface area (Å²) in [5, 5.41) is 0. The summed E-state index contributed by atoms with van der Waals surface area (Å²) in [7, 11) is -3.71. The van der Waals surface area contributed by atoms with E-state index in [0.717, 1.165) is 18.4 Å². The maximum Gasteiger partial charge on any atom is 0.246 e. The molecule has 27 heavy (non-hydrogen) atoms. The Morgan fingerprint density at radius 3 is 2.41 bits per heavy atom. The molecule has 0 aromatic heterocycles. The molecule has 0 aliphatic carbocycles. The van der Waals surface area contributed by atoms with E-state index in [1.807, 2.05) is 6.07 Å². The first-order chi connectivity index (χ1) is 12.6. The molecule has 0 unspecified atom stereocenters. The number of primary amides is 1. The molecule has 1 saturated heterocycles. The van der Waals surface area contributed by atoms with Gasteiger partial charge in [-0.25, -0.2) is 8.42 Å². The molecular formula is C20H32N2O4S. The lowest BCUT2D eigenvalue weighted by molar-refractivity contribution is -0.122. The molecular weight excluding hydrogens is 364 g/mol. The zero-order valence-corrected chi connectivity index (χ0v) is 17.6. The quantitative estimate of drug-likeness (QED) is 0.717. The molecule has 1 amide bonds. The van der Waals surface area contributed by atoms with Gasteiger partial charge in [-0.15, -0.1) is 0 Å². The van der Waals surface area contributed by atoms with E-state index in [4.69, 9.17) is 10.5 Å². The molecule has 2 rings (SSSR count). The van der Waals surface area contributed by atoms with E-state index >= 15 is 0 Å². The van der Waals surface area contributed by atoms with E-state index in [0.29, 0.717) is 38.3 Å². The monoisotopic (exact) mass is 396 g/mol. The van der Waals surface area contributed by atoms with Crippen molar-refractivity contribution in [3.8, 4) is 5.75 Å². The molecule has 1 aromatic carbocycles. The highest BCUT2D eigenvalue weighted by molar-refractivity contribution is 7.89. The second kappa shape index (κ2) is 8.61. The normalized spacial score (nSPS) is 17.0. The highest BCUT2D eigenvalue weighted by Crippen LogP contribution is 2.34. The van der Waals surface area contributed by atoms with Gasteiger partial charge < -0.3 is 10.5 Å². The summed E-state index contributed by atoms with van der Waals surface area (Å²) in [4.78, 5) is 11.6. The summed E-state index contributed by atoms with van der Waals surface area (Å²) in [5.41, 5.74) is 6.13. The topological polar surface area (TPSA) is 89.7 Å². The largest absolute Gasteiger partial charge is 0.492 e. The number of unbranched alkanes of at least 4 members (excludes halogenated alkanes) is 1. The van der Waals surface area contributed by atoms with Crippen LogP contribution in [0, 0.1) is 5.92 Å². The van der Waals surface area contributed by atoms with E-state index in [9.17, 15) is 13.2 Å². The number of carbonyl (C=O) groups excluding carboxylic acids is 1. The summed E-state index contributed by atoms with van der Waals surface area (Å²) in [5.74, 6) is -0.212. The van der Waals surface area contributed by atoms with Gasteiger partial charge in [0, 0.05) is 19.0 Å². The van der Waals surface area contributed by atoms with Crippen molar-refractivity contribution in [2.24, 2.45) is 11.7 Å². The highest BCUT2D eigenvalue weighted by atomic mass is 32.2. The number of sulfonamides is 1. The Balaban J connectivity index is 2.35. The van der Waals surface area contributed by atoms with Crippen molar-refractivity contribution in [2.75, 3.05) is 19.7 Å². The van der Waals surface area contributed by atoms with Gasteiger partial charge in [0.05, 0.1) is 6.61 Å². The summed E-state index contributed by atoms with van der Waals surface area (Å²) in [6.45, 7) is 9.29. The molecule has 1 aliphatic heterocycles. The number of benzene rings is 1. The molecule has 1 heterocycles. The van der Waals surface area contributed by atoms with Gasteiger partial charge in [-0.2, -0.15) is 4.31 Å². The predicted molar refractivity (Wildman–Crippen MR) is 106 cm³/mol. The van der Waals surface area contributed by atoms with Gasteiger partial charge in [-0.05, 0) is 42.4 Å². The Hall–Kier alpha value is -1.60. The Morgan fingerprint density at radius 1 is 1.26 bits per heavy atom. The molecule has 0 bridgehead atoms. The standard InChI is InChI=1S/C20H32N2O4S/c1-5-6-13-26-17-8-7-16(20(2,3)4)14-18(17)27(24,25)22-11-9-15(10-12-22)19(21)23/h7-8,14-15H,5-6,9-13H2,1-4H3,(H2,21,23). The van der Waals surface area contributed by atoms with Crippen LogP contribution in [0.2, 0.25) is 0 Å². The molecule has 1 aromatic rings. The fourth-order valence-corrected chi connectivity index (χ4v) is 4.77. The zero-order valence-electron chi connectivity index (χ0n) is 16.8. The van der Waals surface area contributed by atoms with Crippen molar-refractivity contribution in [3.63, 3.8) is 0 Å². The average Bonchev–Trinajstić information content (AvgIpc) is 2.61. The van der Waals surface area contributed by atoms with E-state index in [1.54, 1.807) is 12.1 Å². The van der Waals surface area contributed by atoms with Gasteiger partial charge in [-0.1, -0.05) is 40.2 Å². The Labute approximate surface area is 163 Å². The maximum absolute atomic E-state index is 13.3. The number of hydrogen-bond donors (Lipinski definition) is 1. The SMILES string of the molecule is CCCCOc1ccc(C(C)(C)C)cc1S(=O)(=O)N1CCC(C(N)=O)CC1.